The number of nitrogens with one attached hydrogen (secondary N) is 1. The average Bonchev–Trinajstić information content (AvgIpc) is 3.22. The maximum atomic E-state index is 4.67. The molecular weight excluding hydrogens is 394 g/mol. The quantitative estimate of drug-likeness (QED) is 0.638. The van der Waals surface area contributed by atoms with Gasteiger partial charge in [0.15, 0.2) is 0 Å². The Bertz CT molecular complexity index is 1010. The third-order valence-electron chi connectivity index (χ3n) is 6.95. The summed E-state index contributed by atoms with van der Waals surface area (Å²) in [6.45, 7) is 9.44. The van der Waals surface area contributed by atoms with Crippen molar-refractivity contribution < 1.29 is 0 Å². The van der Waals surface area contributed by atoms with Crippen molar-refractivity contribution in [1.82, 2.24) is 24.8 Å². The predicted molar refractivity (Wildman–Crippen MR) is 124 cm³/mol. The Morgan fingerprint density at radius 1 is 1.17 bits per heavy atom. The lowest BCUT2D eigenvalue weighted by atomic mass is 9.93. The number of pyridine rings is 1. The molecule has 3 aromatic rings. The van der Waals surface area contributed by atoms with E-state index in [-0.39, 0.29) is 12.4 Å². The van der Waals surface area contributed by atoms with Gasteiger partial charge in [0.2, 0.25) is 0 Å². The SMILES string of the molecule is CCn1ccnc1CN(Cc1ccc2nc(C)ccc2c1)C1CC12CCNCC2.Cl. The fourth-order valence-corrected chi connectivity index (χ4v) is 5.15. The molecule has 160 valence electrons. The summed E-state index contributed by atoms with van der Waals surface area (Å²) in [4.78, 5) is 12.0. The van der Waals surface area contributed by atoms with E-state index in [0.717, 1.165) is 43.9 Å². The van der Waals surface area contributed by atoms with Crippen LogP contribution in [0, 0.1) is 12.3 Å². The molecule has 1 aliphatic carbocycles. The summed E-state index contributed by atoms with van der Waals surface area (Å²) in [6.07, 6.45) is 7.98. The normalized spacial score (nSPS) is 19.9. The summed E-state index contributed by atoms with van der Waals surface area (Å²) in [6, 6.07) is 11.7. The predicted octanol–water partition coefficient (Wildman–Crippen LogP) is 4.33. The lowest BCUT2D eigenvalue weighted by Crippen LogP contribution is -2.36. The minimum absolute atomic E-state index is 0. The molecule has 1 spiro atoms. The molecule has 1 aromatic carbocycles. The summed E-state index contributed by atoms with van der Waals surface area (Å²) in [5, 5.41) is 4.77. The minimum atomic E-state index is 0. The Hall–Kier alpha value is -1.95. The number of aromatic nitrogens is 3. The zero-order valence-corrected chi connectivity index (χ0v) is 18.8. The van der Waals surface area contributed by atoms with E-state index in [4.69, 9.17) is 0 Å². The van der Waals surface area contributed by atoms with E-state index in [1.165, 1.54) is 36.0 Å². The van der Waals surface area contributed by atoms with Crippen molar-refractivity contribution in [1.29, 1.82) is 0 Å². The van der Waals surface area contributed by atoms with Gasteiger partial charge in [-0.25, -0.2) is 4.98 Å². The molecule has 30 heavy (non-hydrogen) atoms. The number of aryl methyl sites for hydroxylation is 2. The summed E-state index contributed by atoms with van der Waals surface area (Å²) in [5.41, 5.74) is 4.05. The first-order valence-electron chi connectivity index (χ1n) is 11.0. The second-order valence-corrected chi connectivity index (χ2v) is 8.85. The van der Waals surface area contributed by atoms with Crippen LogP contribution in [0.3, 0.4) is 0 Å². The standard InChI is InChI=1S/C24H31N5.ClH/c1-3-28-13-12-26-23(28)17-29(22-15-24(22)8-10-25-11-9-24)16-19-5-7-21-20(14-19)6-4-18(2)27-21;/h4-7,12-14,22,25H,3,8-11,15-17H2,1-2H3;1H. The maximum absolute atomic E-state index is 4.67. The lowest BCUT2D eigenvalue weighted by Gasteiger charge is -2.29. The number of hydrogen-bond donors (Lipinski definition) is 1. The topological polar surface area (TPSA) is 46.0 Å². The van der Waals surface area contributed by atoms with Crippen LogP contribution in [0.5, 0.6) is 0 Å². The third-order valence-corrected chi connectivity index (χ3v) is 6.95. The number of fused-ring (bicyclic) bond motifs is 1. The van der Waals surface area contributed by atoms with Gasteiger partial charge in [0, 0.05) is 42.6 Å². The van der Waals surface area contributed by atoms with Crippen molar-refractivity contribution in [3.05, 3.63) is 59.8 Å². The second-order valence-electron chi connectivity index (χ2n) is 8.85. The fraction of sp³-hybridized carbons (Fsp3) is 0.500. The molecular formula is C24H32ClN5. The zero-order valence-electron chi connectivity index (χ0n) is 18.0. The van der Waals surface area contributed by atoms with E-state index >= 15 is 0 Å². The van der Waals surface area contributed by atoms with Crippen LogP contribution in [0.1, 0.15) is 43.3 Å². The van der Waals surface area contributed by atoms with Gasteiger partial charge in [-0.3, -0.25) is 9.88 Å². The van der Waals surface area contributed by atoms with Gasteiger partial charge in [0.25, 0.3) is 0 Å². The van der Waals surface area contributed by atoms with Gasteiger partial charge in [-0.15, -0.1) is 12.4 Å². The van der Waals surface area contributed by atoms with Gasteiger partial charge in [0.05, 0.1) is 12.1 Å². The van der Waals surface area contributed by atoms with Crippen LogP contribution in [0.4, 0.5) is 0 Å². The summed E-state index contributed by atoms with van der Waals surface area (Å²) >= 11 is 0. The van der Waals surface area contributed by atoms with Crippen molar-refractivity contribution in [2.45, 2.75) is 58.8 Å². The monoisotopic (exact) mass is 425 g/mol. The number of imidazole rings is 1. The maximum Gasteiger partial charge on any atom is 0.122 e. The Morgan fingerprint density at radius 2 is 2.00 bits per heavy atom. The van der Waals surface area contributed by atoms with Crippen molar-refractivity contribution in [2.75, 3.05) is 13.1 Å². The number of hydrogen-bond acceptors (Lipinski definition) is 4. The van der Waals surface area contributed by atoms with Crippen LogP contribution in [-0.4, -0.2) is 38.6 Å². The highest BCUT2D eigenvalue weighted by molar-refractivity contribution is 5.85. The average molecular weight is 426 g/mol. The van der Waals surface area contributed by atoms with E-state index in [1.807, 2.05) is 6.20 Å². The van der Waals surface area contributed by atoms with Crippen LogP contribution in [0.2, 0.25) is 0 Å². The fourth-order valence-electron chi connectivity index (χ4n) is 5.15. The lowest BCUT2D eigenvalue weighted by molar-refractivity contribution is 0.182. The Balaban J connectivity index is 0.00000218. The number of rotatable bonds is 6. The molecule has 1 saturated heterocycles. The van der Waals surface area contributed by atoms with E-state index < -0.39 is 0 Å². The van der Waals surface area contributed by atoms with Crippen LogP contribution in [0.15, 0.2) is 42.7 Å². The molecule has 0 amide bonds. The highest BCUT2D eigenvalue weighted by atomic mass is 35.5. The molecule has 1 saturated carbocycles. The molecule has 5 rings (SSSR count). The largest absolute Gasteiger partial charge is 0.334 e. The summed E-state index contributed by atoms with van der Waals surface area (Å²) < 4.78 is 2.28. The molecule has 1 N–H and O–H groups in total. The van der Waals surface area contributed by atoms with Crippen LogP contribution < -0.4 is 5.32 Å². The molecule has 2 aromatic heterocycles. The molecule has 0 radical (unpaired) electrons. The molecule has 6 heteroatoms. The van der Waals surface area contributed by atoms with E-state index in [0.29, 0.717) is 11.5 Å². The van der Waals surface area contributed by atoms with Gasteiger partial charge in [0.1, 0.15) is 5.82 Å². The second kappa shape index (κ2) is 8.66. The molecule has 2 fully saturated rings. The van der Waals surface area contributed by atoms with Crippen molar-refractivity contribution in [3.8, 4) is 0 Å². The first-order chi connectivity index (χ1) is 14.2. The molecule has 3 heterocycles. The third kappa shape index (κ3) is 4.11. The summed E-state index contributed by atoms with van der Waals surface area (Å²) in [7, 11) is 0. The number of benzene rings is 1. The highest BCUT2D eigenvalue weighted by Gasteiger charge is 2.56. The van der Waals surface area contributed by atoms with Crippen molar-refractivity contribution in [3.63, 3.8) is 0 Å². The molecule has 5 nitrogen and oxygen atoms in total. The zero-order chi connectivity index (χ0) is 19.8. The number of nitrogens with zero attached hydrogens (tertiary/aromatic N) is 4. The van der Waals surface area contributed by atoms with Gasteiger partial charge in [-0.05, 0) is 75.4 Å². The molecule has 0 bridgehead atoms. The van der Waals surface area contributed by atoms with Gasteiger partial charge in [-0.2, -0.15) is 0 Å². The number of halogens is 1. The van der Waals surface area contributed by atoms with Gasteiger partial charge in [-0.1, -0.05) is 12.1 Å². The van der Waals surface area contributed by atoms with E-state index in [9.17, 15) is 0 Å². The van der Waals surface area contributed by atoms with Crippen LogP contribution in [0.25, 0.3) is 10.9 Å². The Labute approximate surface area is 185 Å². The Morgan fingerprint density at radius 3 is 2.80 bits per heavy atom. The summed E-state index contributed by atoms with van der Waals surface area (Å²) in [5.74, 6) is 1.18. The van der Waals surface area contributed by atoms with E-state index in [2.05, 4.69) is 75.1 Å². The molecule has 1 atom stereocenters. The van der Waals surface area contributed by atoms with Gasteiger partial charge >= 0.3 is 0 Å². The van der Waals surface area contributed by atoms with Gasteiger partial charge < -0.3 is 9.88 Å². The highest BCUT2D eigenvalue weighted by Crippen LogP contribution is 2.56. The van der Waals surface area contributed by atoms with Crippen LogP contribution in [-0.2, 0) is 19.6 Å². The van der Waals surface area contributed by atoms with Crippen LogP contribution >= 0.6 is 12.4 Å². The van der Waals surface area contributed by atoms with E-state index in [1.54, 1.807) is 0 Å². The molecule has 1 unspecified atom stereocenters. The van der Waals surface area contributed by atoms with Crippen molar-refractivity contribution >= 4 is 23.3 Å². The molecule has 2 aliphatic rings. The molecule has 1 aliphatic heterocycles. The Kier molecular flexibility index (Phi) is 6.14. The first-order valence-corrected chi connectivity index (χ1v) is 11.0. The minimum Gasteiger partial charge on any atom is -0.334 e. The van der Waals surface area contributed by atoms with Crippen molar-refractivity contribution in [2.24, 2.45) is 5.41 Å². The first kappa shape index (κ1) is 21.3. The smallest absolute Gasteiger partial charge is 0.122 e. The number of piperidine rings is 1.